The number of ether oxygens (including phenoxy) is 2. The number of carbonyl (C=O) groups is 3. The van der Waals surface area contributed by atoms with Crippen LogP contribution in [0.1, 0.15) is 61.5 Å². The van der Waals surface area contributed by atoms with Crippen LogP contribution in [0, 0.1) is 6.92 Å². The summed E-state index contributed by atoms with van der Waals surface area (Å²) in [6, 6.07) is 14.5. The fourth-order valence-electron chi connectivity index (χ4n) is 4.74. The third kappa shape index (κ3) is 6.02. The van der Waals surface area contributed by atoms with Crippen molar-refractivity contribution in [2.45, 2.75) is 70.6 Å². The Bertz CT molecular complexity index is 1100. The van der Waals surface area contributed by atoms with Gasteiger partial charge in [-0.25, -0.2) is 4.79 Å². The molecular weight excluding hydrogens is 444 g/mol. The van der Waals surface area contributed by atoms with Gasteiger partial charge >= 0.3 is 6.09 Å². The summed E-state index contributed by atoms with van der Waals surface area (Å²) in [7, 11) is 0. The molecule has 7 heteroatoms. The Labute approximate surface area is 206 Å². The molecule has 35 heavy (non-hydrogen) atoms. The van der Waals surface area contributed by atoms with Gasteiger partial charge in [-0.2, -0.15) is 0 Å². The van der Waals surface area contributed by atoms with E-state index in [4.69, 9.17) is 9.47 Å². The number of ketones is 1. The van der Waals surface area contributed by atoms with E-state index in [1.165, 1.54) is 0 Å². The van der Waals surface area contributed by atoms with Crippen LogP contribution in [0.3, 0.4) is 0 Å². The number of carbonyl (C=O) groups excluding carboxylic acids is 3. The molecule has 1 atom stereocenters. The van der Waals surface area contributed by atoms with Crippen LogP contribution in [0.25, 0.3) is 0 Å². The molecule has 0 saturated carbocycles. The number of aryl methyl sites for hydroxylation is 1. The predicted molar refractivity (Wildman–Crippen MR) is 133 cm³/mol. The fraction of sp³-hybridized carbons (Fsp3) is 0.464. The average Bonchev–Trinajstić information content (AvgIpc) is 2.79. The van der Waals surface area contributed by atoms with E-state index in [1.54, 1.807) is 25.7 Å². The van der Waals surface area contributed by atoms with Gasteiger partial charge in [0.15, 0.2) is 5.78 Å². The smallest absolute Gasteiger partial charge is 0.408 e. The number of alkyl carbamates (subject to hydrolysis) is 1. The quantitative estimate of drug-likeness (QED) is 0.702. The standard InChI is InChI=1S/C28H34N2O5/c1-19-10-11-24-21(16-19)23(31)18-28(34-24)12-14-30(15-13-28)25(32)22(17-20-8-6-5-7-9-20)29-26(33)35-27(2,3)4/h5-11,16,22H,12-15,17-18H2,1-4H3,(H,29,33). The van der Waals surface area contributed by atoms with Gasteiger partial charge in [0.1, 0.15) is 23.0 Å². The van der Waals surface area contributed by atoms with Crippen LogP contribution in [0.4, 0.5) is 4.79 Å². The first-order valence-corrected chi connectivity index (χ1v) is 12.2. The van der Waals surface area contributed by atoms with Crippen LogP contribution >= 0.6 is 0 Å². The van der Waals surface area contributed by atoms with Crippen LogP contribution < -0.4 is 10.1 Å². The second-order valence-corrected chi connectivity index (χ2v) is 10.6. The number of amides is 2. The van der Waals surface area contributed by atoms with Crippen molar-refractivity contribution in [3.8, 4) is 5.75 Å². The molecule has 1 N–H and O–H groups in total. The normalized spacial score (nSPS) is 17.8. The molecule has 1 saturated heterocycles. The second-order valence-electron chi connectivity index (χ2n) is 10.6. The minimum absolute atomic E-state index is 0.0864. The molecule has 7 nitrogen and oxygen atoms in total. The number of rotatable bonds is 4. The van der Waals surface area contributed by atoms with Crippen molar-refractivity contribution < 1.29 is 23.9 Å². The topological polar surface area (TPSA) is 84.9 Å². The highest BCUT2D eigenvalue weighted by molar-refractivity contribution is 6.00. The molecular formula is C28H34N2O5. The van der Waals surface area contributed by atoms with Gasteiger partial charge in [0, 0.05) is 32.4 Å². The van der Waals surface area contributed by atoms with E-state index in [0.29, 0.717) is 50.1 Å². The Morgan fingerprint density at radius 1 is 1.11 bits per heavy atom. The van der Waals surface area contributed by atoms with Gasteiger partial charge in [-0.3, -0.25) is 9.59 Å². The average molecular weight is 479 g/mol. The Hall–Kier alpha value is -3.35. The first-order valence-electron chi connectivity index (χ1n) is 12.2. The minimum Gasteiger partial charge on any atom is -0.486 e. The zero-order chi connectivity index (χ0) is 25.2. The van der Waals surface area contributed by atoms with Crippen molar-refractivity contribution in [3.63, 3.8) is 0 Å². The molecule has 2 heterocycles. The van der Waals surface area contributed by atoms with E-state index in [1.807, 2.05) is 55.5 Å². The van der Waals surface area contributed by atoms with Gasteiger partial charge in [-0.1, -0.05) is 42.0 Å². The molecule has 1 spiro atoms. The number of Topliss-reactive ketones (excluding diaryl/α,β-unsaturated/α-hetero) is 1. The Balaban J connectivity index is 1.45. The molecule has 186 valence electrons. The summed E-state index contributed by atoms with van der Waals surface area (Å²) in [6.45, 7) is 8.23. The molecule has 0 bridgehead atoms. The zero-order valence-electron chi connectivity index (χ0n) is 20.9. The lowest BCUT2D eigenvalue weighted by atomic mass is 9.82. The summed E-state index contributed by atoms with van der Waals surface area (Å²) in [5.74, 6) is 0.552. The van der Waals surface area contributed by atoms with Gasteiger partial charge in [0.05, 0.1) is 12.0 Å². The summed E-state index contributed by atoms with van der Waals surface area (Å²) in [4.78, 5) is 40.6. The number of nitrogens with zero attached hydrogens (tertiary/aromatic N) is 1. The summed E-state index contributed by atoms with van der Waals surface area (Å²) >= 11 is 0. The third-order valence-electron chi connectivity index (χ3n) is 6.50. The molecule has 2 aromatic rings. The molecule has 0 radical (unpaired) electrons. The van der Waals surface area contributed by atoms with Gasteiger partial charge in [0.2, 0.25) is 5.91 Å². The highest BCUT2D eigenvalue weighted by Gasteiger charge is 2.44. The summed E-state index contributed by atoms with van der Waals surface area (Å²) in [5.41, 5.74) is 1.35. The van der Waals surface area contributed by atoms with Gasteiger partial charge < -0.3 is 19.7 Å². The summed E-state index contributed by atoms with van der Waals surface area (Å²) < 4.78 is 11.7. The van der Waals surface area contributed by atoms with Gasteiger partial charge in [0.25, 0.3) is 0 Å². The Morgan fingerprint density at radius 2 is 1.80 bits per heavy atom. The Morgan fingerprint density at radius 3 is 2.46 bits per heavy atom. The summed E-state index contributed by atoms with van der Waals surface area (Å²) in [6.07, 6.45) is 1.18. The maximum atomic E-state index is 13.5. The molecule has 2 aromatic carbocycles. The molecule has 4 rings (SSSR count). The molecule has 1 fully saturated rings. The molecule has 2 aliphatic heterocycles. The number of hydrogen-bond donors (Lipinski definition) is 1. The third-order valence-corrected chi connectivity index (χ3v) is 6.50. The molecule has 1 unspecified atom stereocenters. The lowest BCUT2D eigenvalue weighted by Crippen LogP contribution is -2.56. The van der Waals surface area contributed by atoms with E-state index in [9.17, 15) is 14.4 Å². The van der Waals surface area contributed by atoms with Gasteiger partial charge in [-0.05, 0) is 45.4 Å². The van der Waals surface area contributed by atoms with E-state index < -0.39 is 23.3 Å². The van der Waals surface area contributed by atoms with E-state index in [-0.39, 0.29) is 11.7 Å². The first-order chi connectivity index (χ1) is 16.5. The van der Waals surface area contributed by atoms with Crippen LogP contribution in [0.15, 0.2) is 48.5 Å². The molecule has 2 aliphatic rings. The van der Waals surface area contributed by atoms with E-state index in [2.05, 4.69) is 5.32 Å². The number of piperidine rings is 1. The van der Waals surface area contributed by atoms with Crippen LogP contribution in [-0.4, -0.2) is 53.0 Å². The van der Waals surface area contributed by atoms with E-state index in [0.717, 1.165) is 11.1 Å². The largest absolute Gasteiger partial charge is 0.486 e. The highest BCUT2D eigenvalue weighted by Crippen LogP contribution is 2.39. The SMILES string of the molecule is Cc1ccc2c(c1)C(=O)CC1(CCN(C(=O)C(Cc3ccccc3)NC(=O)OC(C)(C)C)CC1)O2. The maximum absolute atomic E-state index is 13.5. The van der Waals surface area contributed by atoms with Gasteiger partial charge in [-0.15, -0.1) is 0 Å². The summed E-state index contributed by atoms with van der Waals surface area (Å²) in [5, 5.41) is 2.78. The van der Waals surface area contributed by atoms with Crippen molar-refractivity contribution in [2.75, 3.05) is 13.1 Å². The number of nitrogens with one attached hydrogen (secondary N) is 1. The van der Waals surface area contributed by atoms with Crippen molar-refractivity contribution >= 4 is 17.8 Å². The molecule has 0 aromatic heterocycles. The number of likely N-dealkylation sites (tertiary alicyclic amines) is 1. The van der Waals surface area contributed by atoms with Crippen molar-refractivity contribution in [3.05, 3.63) is 65.2 Å². The van der Waals surface area contributed by atoms with Crippen LogP contribution in [-0.2, 0) is 16.0 Å². The van der Waals surface area contributed by atoms with Crippen LogP contribution in [0.2, 0.25) is 0 Å². The predicted octanol–water partition coefficient (Wildman–Crippen LogP) is 4.46. The molecule has 0 aliphatic carbocycles. The van der Waals surface area contributed by atoms with E-state index >= 15 is 0 Å². The maximum Gasteiger partial charge on any atom is 0.408 e. The van der Waals surface area contributed by atoms with Crippen LogP contribution in [0.5, 0.6) is 5.75 Å². The fourth-order valence-corrected chi connectivity index (χ4v) is 4.74. The number of hydrogen-bond acceptors (Lipinski definition) is 5. The van der Waals surface area contributed by atoms with Crippen molar-refractivity contribution in [1.29, 1.82) is 0 Å². The number of benzene rings is 2. The number of fused-ring (bicyclic) bond motifs is 1. The Kier molecular flexibility index (Phi) is 6.88. The molecule has 2 amide bonds. The van der Waals surface area contributed by atoms with Crippen molar-refractivity contribution in [2.24, 2.45) is 0 Å². The monoisotopic (exact) mass is 478 g/mol. The lowest BCUT2D eigenvalue weighted by molar-refractivity contribution is -0.137. The lowest BCUT2D eigenvalue weighted by Gasteiger charge is -2.44. The minimum atomic E-state index is -0.751. The zero-order valence-corrected chi connectivity index (χ0v) is 20.9. The highest BCUT2D eigenvalue weighted by atomic mass is 16.6. The first kappa shape index (κ1) is 24.8. The second kappa shape index (κ2) is 9.72. The van der Waals surface area contributed by atoms with Crippen molar-refractivity contribution in [1.82, 2.24) is 10.2 Å².